The molecule has 13 heteroatoms. The fourth-order valence-corrected chi connectivity index (χ4v) is 6.32. The minimum Gasteiger partial charge on any atom is -0.383 e. The number of nitrogens with zero attached hydrogens (tertiary/aromatic N) is 4. The molecule has 2 aromatic carbocycles. The number of halogens is 1. The van der Waals surface area contributed by atoms with Crippen LogP contribution in [0.2, 0.25) is 0 Å². The number of hydrogen-bond acceptors (Lipinski definition) is 9. The molecule has 0 aliphatic carbocycles. The van der Waals surface area contributed by atoms with Gasteiger partial charge in [-0.25, -0.2) is 22.8 Å². The maximum absolute atomic E-state index is 15.0. The number of methoxy groups -OCH3 is 1. The predicted molar refractivity (Wildman–Crippen MR) is 165 cm³/mol. The summed E-state index contributed by atoms with van der Waals surface area (Å²) in [5.41, 5.74) is 3.43. The van der Waals surface area contributed by atoms with E-state index in [0.717, 1.165) is 47.9 Å². The molecule has 1 fully saturated rings. The van der Waals surface area contributed by atoms with E-state index in [9.17, 15) is 17.6 Å². The molecule has 2 atom stereocenters. The second-order valence-corrected chi connectivity index (χ2v) is 13.0. The molecule has 1 amide bonds. The Kier molecular flexibility index (Phi) is 8.79. The minimum absolute atomic E-state index is 0.0538. The number of benzene rings is 2. The van der Waals surface area contributed by atoms with E-state index < -0.39 is 26.6 Å². The van der Waals surface area contributed by atoms with Crippen LogP contribution >= 0.6 is 0 Å². The summed E-state index contributed by atoms with van der Waals surface area (Å²) in [7, 11) is -0.0781. The summed E-state index contributed by atoms with van der Waals surface area (Å²) in [6.45, 7) is 6.76. The molecule has 0 bridgehead atoms. The van der Waals surface area contributed by atoms with E-state index >= 15 is 0 Å². The zero-order valence-corrected chi connectivity index (χ0v) is 25.6. The maximum Gasteiger partial charge on any atom is 0.244 e. The zero-order valence-electron chi connectivity index (χ0n) is 24.8. The molecular weight excluding hydrogens is 573 g/mol. The van der Waals surface area contributed by atoms with Crippen LogP contribution in [0.3, 0.4) is 0 Å². The average Bonchev–Trinajstić information content (AvgIpc) is 3.38. The number of likely N-dealkylation sites (N-methyl/N-ethyl adjacent to an activating group) is 1. The molecule has 1 aliphatic heterocycles. The van der Waals surface area contributed by atoms with Crippen LogP contribution in [0.1, 0.15) is 12.5 Å². The maximum atomic E-state index is 15.0. The fourth-order valence-electron chi connectivity index (χ4n) is 5.56. The van der Waals surface area contributed by atoms with Gasteiger partial charge in [-0.1, -0.05) is 18.2 Å². The lowest BCUT2D eigenvalue weighted by Crippen LogP contribution is -2.58. The number of aryl methyl sites for hydroxylation is 1. The standard InChI is InChI=1S/C30H36FN7O4S/c1-18-14-33-30(35-22-9-7-11-25(26(22)31)43(5,40)41)36-27(18)21-15-32-28-20(21)8-6-10-23(28)34-29(39)24(17-42-4)38-13-12-37(3)16-19(38)2/h6-11,14-15,19,24,32H,12-13,16-17H2,1-5H3,(H,34,39)(H,33,35,36)/t19-,24?/m1/s1. The Morgan fingerprint density at radius 1 is 1.21 bits per heavy atom. The third-order valence-corrected chi connectivity index (χ3v) is 8.83. The van der Waals surface area contributed by atoms with Gasteiger partial charge in [0, 0.05) is 62.4 Å². The largest absolute Gasteiger partial charge is 0.383 e. The second kappa shape index (κ2) is 12.4. The highest BCUT2D eigenvalue weighted by Crippen LogP contribution is 2.34. The van der Waals surface area contributed by atoms with Gasteiger partial charge in [-0.15, -0.1) is 0 Å². The van der Waals surface area contributed by atoms with E-state index in [0.29, 0.717) is 11.4 Å². The van der Waals surface area contributed by atoms with Crippen LogP contribution in [0, 0.1) is 12.7 Å². The van der Waals surface area contributed by atoms with E-state index in [1.54, 1.807) is 19.5 Å². The van der Waals surface area contributed by atoms with Crippen molar-refractivity contribution in [3.63, 3.8) is 0 Å². The Morgan fingerprint density at radius 3 is 2.67 bits per heavy atom. The number of rotatable bonds is 9. The Bertz CT molecular complexity index is 1760. The smallest absolute Gasteiger partial charge is 0.244 e. The van der Waals surface area contributed by atoms with E-state index in [1.165, 1.54) is 18.2 Å². The van der Waals surface area contributed by atoms with Crippen molar-refractivity contribution in [3.05, 3.63) is 60.2 Å². The molecule has 3 heterocycles. The Balaban J connectivity index is 1.44. The molecular formula is C30H36FN7O4S. The summed E-state index contributed by atoms with van der Waals surface area (Å²) in [5.74, 6) is -0.946. The third kappa shape index (κ3) is 6.39. The van der Waals surface area contributed by atoms with Crippen LogP contribution < -0.4 is 10.6 Å². The molecule has 1 saturated heterocycles. The minimum atomic E-state index is -3.76. The first-order valence-corrected chi connectivity index (χ1v) is 15.8. The summed E-state index contributed by atoms with van der Waals surface area (Å²) in [5, 5.41) is 6.74. The summed E-state index contributed by atoms with van der Waals surface area (Å²) in [6.07, 6.45) is 4.37. The number of sulfone groups is 1. The van der Waals surface area contributed by atoms with Crippen molar-refractivity contribution in [3.8, 4) is 11.3 Å². The first-order chi connectivity index (χ1) is 20.5. The number of para-hydroxylation sites is 1. The number of fused-ring (bicyclic) bond motifs is 1. The first-order valence-electron chi connectivity index (χ1n) is 13.9. The highest BCUT2D eigenvalue weighted by atomic mass is 32.2. The van der Waals surface area contributed by atoms with Crippen molar-refractivity contribution in [2.45, 2.75) is 30.8 Å². The molecule has 0 radical (unpaired) electrons. The molecule has 43 heavy (non-hydrogen) atoms. The van der Waals surface area contributed by atoms with Crippen molar-refractivity contribution >= 4 is 44.0 Å². The number of nitrogens with one attached hydrogen (secondary N) is 3. The molecule has 0 saturated carbocycles. The molecule has 1 aliphatic rings. The number of H-pyrrole nitrogens is 1. The van der Waals surface area contributed by atoms with Crippen LogP contribution in [0.5, 0.6) is 0 Å². The number of carbonyl (C=O) groups excluding carboxylic acids is 1. The second-order valence-electron chi connectivity index (χ2n) is 11.0. The lowest BCUT2D eigenvalue weighted by atomic mass is 10.1. The SMILES string of the molecule is COCC(C(=O)Nc1cccc2c(-c3nc(Nc4cccc(S(C)(=O)=O)c4F)ncc3C)c[nH]c12)N1CCN(C)C[C@H]1C. The highest BCUT2D eigenvalue weighted by Gasteiger charge is 2.33. The van der Waals surface area contributed by atoms with Crippen molar-refractivity contribution in [2.24, 2.45) is 0 Å². The van der Waals surface area contributed by atoms with Crippen molar-refractivity contribution in [1.29, 1.82) is 0 Å². The van der Waals surface area contributed by atoms with Crippen LogP contribution in [-0.2, 0) is 19.4 Å². The molecule has 3 N–H and O–H groups in total. The van der Waals surface area contributed by atoms with Gasteiger partial charge in [0.2, 0.25) is 11.9 Å². The van der Waals surface area contributed by atoms with Crippen LogP contribution in [0.25, 0.3) is 22.2 Å². The average molecular weight is 610 g/mol. The van der Waals surface area contributed by atoms with Gasteiger partial charge in [0.1, 0.15) is 10.9 Å². The van der Waals surface area contributed by atoms with Crippen molar-refractivity contribution < 1.29 is 22.3 Å². The summed E-state index contributed by atoms with van der Waals surface area (Å²) >= 11 is 0. The third-order valence-electron chi connectivity index (χ3n) is 7.72. The number of aromatic nitrogens is 3. The molecule has 0 spiro atoms. The lowest BCUT2D eigenvalue weighted by Gasteiger charge is -2.41. The Labute approximate surface area is 250 Å². The predicted octanol–water partition coefficient (Wildman–Crippen LogP) is 3.81. The monoisotopic (exact) mass is 609 g/mol. The molecule has 11 nitrogen and oxygen atoms in total. The fraction of sp³-hybridized carbons (Fsp3) is 0.367. The molecule has 1 unspecified atom stereocenters. The number of hydrogen-bond donors (Lipinski definition) is 3. The van der Waals surface area contributed by atoms with E-state index in [2.05, 4.69) is 49.4 Å². The van der Waals surface area contributed by atoms with Gasteiger partial charge < -0.3 is 25.3 Å². The van der Waals surface area contributed by atoms with E-state index in [1.807, 2.05) is 25.1 Å². The van der Waals surface area contributed by atoms with Crippen LogP contribution in [-0.4, -0.2) is 97.8 Å². The normalized spacial score (nSPS) is 17.2. The molecule has 2 aromatic heterocycles. The lowest BCUT2D eigenvalue weighted by molar-refractivity contribution is -0.125. The topological polar surface area (TPSA) is 133 Å². The zero-order chi connectivity index (χ0) is 30.9. The van der Waals surface area contributed by atoms with Crippen molar-refractivity contribution in [1.82, 2.24) is 24.8 Å². The number of carbonyl (C=O) groups is 1. The number of amides is 1. The van der Waals surface area contributed by atoms with Crippen LogP contribution in [0.15, 0.2) is 53.7 Å². The highest BCUT2D eigenvalue weighted by molar-refractivity contribution is 7.90. The number of anilines is 3. The van der Waals surface area contributed by atoms with Crippen LogP contribution in [0.4, 0.5) is 21.7 Å². The van der Waals surface area contributed by atoms with Crippen molar-refractivity contribution in [2.75, 3.05) is 57.3 Å². The Morgan fingerprint density at radius 2 is 1.95 bits per heavy atom. The molecule has 228 valence electrons. The van der Waals surface area contributed by atoms with Gasteiger partial charge >= 0.3 is 0 Å². The van der Waals surface area contributed by atoms with Gasteiger partial charge in [-0.3, -0.25) is 9.69 Å². The van der Waals surface area contributed by atoms with Gasteiger partial charge in [-0.2, -0.15) is 0 Å². The number of piperazine rings is 1. The summed E-state index contributed by atoms with van der Waals surface area (Å²) < 4.78 is 44.4. The molecule has 5 rings (SSSR count). The quantitative estimate of drug-likeness (QED) is 0.259. The molecule has 4 aromatic rings. The van der Waals surface area contributed by atoms with E-state index in [-0.39, 0.29) is 30.2 Å². The summed E-state index contributed by atoms with van der Waals surface area (Å²) in [6, 6.07) is 9.47. The van der Waals surface area contributed by atoms with Gasteiger partial charge in [-0.05, 0) is 44.7 Å². The number of ether oxygens (including phenoxy) is 1. The summed E-state index contributed by atoms with van der Waals surface area (Å²) in [4.78, 5) is 29.8. The Hall–Kier alpha value is -3.91. The first kappa shape index (κ1) is 30.5. The van der Waals surface area contributed by atoms with Gasteiger partial charge in [0.05, 0.1) is 29.2 Å². The van der Waals surface area contributed by atoms with Gasteiger partial charge in [0.25, 0.3) is 0 Å². The number of aromatic amines is 1. The van der Waals surface area contributed by atoms with E-state index in [4.69, 9.17) is 4.74 Å². The van der Waals surface area contributed by atoms with Gasteiger partial charge in [0.15, 0.2) is 15.7 Å².